The van der Waals surface area contributed by atoms with Gasteiger partial charge in [-0.1, -0.05) is 0 Å². The minimum Gasteiger partial charge on any atom is -0.463 e. The van der Waals surface area contributed by atoms with Crippen molar-refractivity contribution in [1.29, 1.82) is 0 Å². The van der Waals surface area contributed by atoms with Gasteiger partial charge in [0.05, 0.1) is 12.0 Å². The molecule has 2 N–H and O–H groups in total. The maximum Gasteiger partial charge on any atom is 0.303 e. The number of ether oxygens (including phenoxy) is 4. The molecule has 4 atom stereocenters. The average Bonchev–Trinajstić information content (AvgIpc) is 3.16. The van der Waals surface area contributed by atoms with Gasteiger partial charge in [0.25, 0.3) is 5.56 Å². The molecule has 0 saturated carbocycles. The van der Waals surface area contributed by atoms with E-state index in [1.54, 1.807) is 0 Å². The Morgan fingerprint density at radius 1 is 1.07 bits per heavy atom. The van der Waals surface area contributed by atoms with Crippen LogP contribution < -0.4 is 5.56 Å². The quantitative estimate of drug-likeness (QED) is 0.500. The van der Waals surface area contributed by atoms with Gasteiger partial charge in [-0.3, -0.25) is 24.3 Å². The zero-order chi connectivity index (χ0) is 20.4. The summed E-state index contributed by atoms with van der Waals surface area (Å²) in [6.07, 6.45) is -2.84. The number of aromatic nitrogens is 4. The third-order valence-electron chi connectivity index (χ3n) is 4.02. The summed E-state index contributed by atoms with van der Waals surface area (Å²) in [5, 5.41) is 6.58. The number of nitrogens with one attached hydrogen (secondary N) is 2. The number of carbonyl (C=O) groups excluding carboxylic acids is 3. The molecule has 0 unspecified atom stereocenters. The van der Waals surface area contributed by atoms with Crippen LogP contribution in [-0.2, 0) is 33.3 Å². The average molecular weight is 394 g/mol. The maximum atomic E-state index is 11.9. The first-order valence-electron chi connectivity index (χ1n) is 8.32. The Balaban J connectivity index is 2.02. The fraction of sp³-hybridized carbons (Fsp3) is 0.500. The standard InChI is InChI=1S/C16H18N4O8/c1-6(21)25-4-9-13(26-7(2)22)15(27-8(3)23)14(28-9)11-10-12(20-19-11)16(24)18-5-17-10/h5,9,13-15H,4H2,1-3H3,(H,19,20)(H,17,18,24)/t9-,13+,14+,15+/m1/s1. The molecule has 1 aliphatic heterocycles. The van der Waals surface area contributed by atoms with Crippen LogP contribution in [0.3, 0.4) is 0 Å². The second-order valence-electron chi connectivity index (χ2n) is 6.11. The van der Waals surface area contributed by atoms with Crippen molar-refractivity contribution < 1.29 is 33.3 Å². The normalized spacial score (nSPS) is 24.1. The van der Waals surface area contributed by atoms with Crippen molar-refractivity contribution in [2.75, 3.05) is 6.61 Å². The number of H-pyrrole nitrogens is 2. The molecular weight excluding hydrogens is 376 g/mol. The Kier molecular flexibility index (Phi) is 5.40. The van der Waals surface area contributed by atoms with Gasteiger partial charge in [-0.05, 0) is 0 Å². The highest BCUT2D eigenvalue weighted by atomic mass is 16.6. The number of esters is 3. The van der Waals surface area contributed by atoms with E-state index in [4.69, 9.17) is 18.9 Å². The van der Waals surface area contributed by atoms with Crippen molar-refractivity contribution >= 4 is 28.9 Å². The third-order valence-corrected chi connectivity index (χ3v) is 4.02. The smallest absolute Gasteiger partial charge is 0.303 e. The fourth-order valence-electron chi connectivity index (χ4n) is 3.01. The van der Waals surface area contributed by atoms with E-state index >= 15 is 0 Å². The molecule has 12 nitrogen and oxygen atoms in total. The highest BCUT2D eigenvalue weighted by Crippen LogP contribution is 2.38. The van der Waals surface area contributed by atoms with Gasteiger partial charge in [0.1, 0.15) is 24.3 Å². The van der Waals surface area contributed by atoms with Gasteiger partial charge < -0.3 is 23.9 Å². The summed E-state index contributed by atoms with van der Waals surface area (Å²) in [4.78, 5) is 52.7. The third kappa shape index (κ3) is 3.86. The summed E-state index contributed by atoms with van der Waals surface area (Å²) >= 11 is 0. The van der Waals surface area contributed by atoms with Crippen LogP contribution in [0.15, 0.2) is 11.1 Å². The van der Waals surface area contributed by atoms with Crippen LogP contribution in [-0.4, -0.2) is 63.0 Å². The summed E-state index contributed by atoms with van der Waals surface area (Å²) in [6.45, 7) is 3.36. The molecule has 1 saturated heterocycles. The van der Waals surface area contributed by atoms with Gasteiger partial charge in [-0.25, -0.2) is 4.98 Å². The Hall–Kier alpha value is -3.28. The predicted octanol–water partition coefficient (Wildman–Crippen LogP) is -0.487. The first kappa shape index (κ1) is 19.5. The summed E-state index contributed by atoms with van der Waals surface area (Å²) in [5.41, 5.74) is 0.0353. The van der Waals surface area contributed by atoms with E-state index < -0.39 is 47.9 Å². The van der Waals surface area contributed by atoms with Gasteiger partial charge in [0.15, 0.2) is 17.7 Å². The molecule has 0 bridgehead atoms. The summed E-state index contributed by atoms with van der Waals surface area (Å²) in [6, 6.07) is 0. The number of fused-ring (bicyclic) bond motifs is 1. The van der Waals surface area contributed by atoms with Crippen LogP contribution >= 0.6 is 0 Å². The lowest BCUT2D eigenvalue weighted by Gasteiger charge is -2.23. The van der Waals surface area contributed by atoms with Gasteiger partial charge in [-0.2, -0.15) is 5.10 Å². The molecule has 3 rings (SSSR count). The van der Waals surface area contributed by atoms with E-state index in [0.717, 1.165) is 0 Å². The molecule has 1 fully saturated rings. The van der Waals surface area contributed by atoms with E-state index in [1.807, 2.05) is 0 Å². The molecule has 0 aliphatic carbocycles. The number of aromatic amines is 2. The molecule has 2 aromatic rings. The molecule has 150 valence electrons. The van der Waals surface area contributed by atoms with Crippen LogP contribution in [0.25, 0.3) is 11.0 Å². The van der Waals surface area contributed by atoms with E-state index in [1.165, 1.54) is 27.1 Å². The largest absolute Gasteiger partial charge is 0.463 e. The van der Waals surface area contributed by atoms with E-state index in [9.17, 15) is 19.2 Å². The molecule has 0 amide bonds. The van der Waals surface area contributed by atoms with E-state index in [2.05, 4.69) is 20.2 Å². The maximum absolute atomic E-state index is 11.9. The summed E-state index contributed by atoms with van der Waals surface area (Å²) in [5.74, 6) is -1.83. The van der Waals surface area contributed by atoms with Crippen LogP contribution in [0.1, 0.15) is 32.6 Å². The Morgan fingerprint density at radius 3 is 2.39 bits per heavy atom. The minimum atomic E-state index is -1.08. The molecular formula is C16H18N4O8. The molecule has 1 aliphatic rings. The van der Waals surface area contributed by atoms with Gasteiger partial charge >= 0.3 is 17.9 Å². The topological polar surface area (TPSA) is 163 Å². The predicted molar refractivity (Wildman–Crippen MR) is 89.9 cm³/mol. The van der Waals surface area contributed by atoms with E-state index in [0.29, 0.717) is 0 Å². The lowest BCUT2D eigenvalue weighted by molar-refractivity contribution is -0.165. The molecule has 12 heteroatoms. The SMILES string of the molecule is CC(=O)OC[C@H]1O[C@@H](c2[nH]nc3c(=O)[nH]cnc23)[C@@H](OC(C)=O)[C@H]1OC(C)=O. The second-order valence-corrected chi connectivity index (χ2v) is 6.11. The zero-order valence-corrected chi connectivity index (χ0v) is 15.3. The monoisotopic (exact) mass is 394 g/mol. The molecule has 0 spiro atoms. The van der Waals surface area contributed by atoms with Crippen molar-refractivity contribution in [3.8, 4) is 0 Å². The van der Waals surface area contributed by atoms with Crippen molar-refractivity contribution in [3.05, 3.63) is 22.4 Å². The van der Waals surface area contributed by atoms with Crippen LogP contribution in [0.5, 0.6) is 0 Å². The minimum absolute atomic E-state index is 0.0372. The number of carbonyl (C=O) groups is 3. The first-order chi connectivity index (χ1) is 13.3. The highest BCUT2D eigenvalue weighted by Gasteiger charge is 2.51. The van der Waals surface area contributed by atoms with Gasteiger partial charge in [0.2, 0.25) is 0 Å². The molecule has 28 heavy (non-hydrogen) atoms. The highest BCUT2D eigenvalue weighted by molar-refractivity contribution is 5.76. The summed E-state index contributed by atoms with van der Waals surface area (Å²) < 4.78 is 21.5. The number of hydrogen-bond acceptors (Lipinski definition) is 10. The van der Waals surface area contributed by atoms with Crippen LogP contribution in [0, 0.1) is 0 Å². The fourth-order valence-corrected chi connectivity index (χ4v) is 3.01. The number of rotatable bonds is 5. The Labute approximate surface area is 157 Å². The zero-order valence-electron chi connectivity index (χ0n) is 15.3. The Bertz CT molecular complexity index is 967. The second kappa shape index (κ2) is 7.76. The molecule has 0 radical (unpaired) electrons. The molecule has 0 aromatic carbocycles. The molecule has 3 heterocycles. The van der Waals surface area contributed by atoms with Crippen molar-refractivity contribution in [2.24, 2.45) is 0 Å². The van der Waals surface area contributed by atoms with Crippen LogP contribution in [0.2, 0.25) is 0 Å². The van der Waals surface area contributed by atoms with Gasteiger partial charge in [0, 0.05) is 20.8 Å². The lowest BCUT2D eigenvalue weighted by Crippen LogP contribution is -2.40. The Morgan fingerprint density at radius 2 is 1.75 bits per heavy atom. The van der Waals surface area contributed by atoms with Crippen molar-refractivity contribution in [1.82, 2.24) is 20.2 Å². The lowest BCUT2D eigenvalue weighted by atomic mass is 10.0. The van der Waals surface area contributed by atoms with Crippen molar-refractivity contribution in [2.45, 2.75) is 45.2 Å². The van der Waals surface area contributed by atoms with Gasteiger partial charge in [-0.15, -0.1) is 0 Å². The molecule has 2 aromatic heterocycles. The first-order valence-corrected chi connectivity index (χ1v) is 8.32. The number of nitrogens with zero attached hydrogens (tertiary/aromatic N) is 2. The van der Waals surface area contributed by atoms with Crippen molar-refractivity contribution in [3.63, 3.8) is 0 Å². The van der Waals surface area contributed by atoms with E-state index in [-0.39, 0.29) is 23.3 Å². The van der Waals surface area contributed by atoms with Crippen LogP contribution in [0.4, 0.5) is 0 Å². The summed E-state index contributed by atoms with van der Waals surface area (Å²) in [7, 11) is 0. The number of hydrogen-bond donors (Lipinski definition) is 2.